The molecule has 0 bridgehead atoms. The van der Waals surface area contributed by atoms with Crippen LogP contribution in [-0.2, 0) is 15.9 Å². The summed E-state index contributed by atoms with van der Waals surface area (Å²) in [6.07, 6.45) is 0.818. The summed E-state index contributed by atoms with van der Waals surface area (Å²) in [6, 6.07) is 3.02. The molecule has 17 heavy (non-hydrogen) atoms. The minimum absolute atomic E-state index is 0.0422. The highest BCUT2D eigenvalue weighted by Gasteiger charge is 2.24. The molecule has 1 aromatic heterocycles. The molecule has 1 aromatic rings. The van der Waals surface area contributed by atoms with Gasteiger partial charge in [0.1, 0.15) is 5.76 Å². The first-order valence-corrected chi connectivity index (χ1v) is 7.46. The summed E-state index contributed by atoms with van der Waals surface area (Å²) in [4.78, 5) is 0. The number of furan rings is 1. The van der Waals surface area contributed by atoms with E-state index in [0.29, 0.717) is 18.2 Å². The standard InChI is InChI=1S/C11H18ClNO3S/c1-9(2)6-7-13(3)17(14,15)11-5-4-10(8-12)16-11/h4-5,9H,6-8H2,1-3H3. The fourth-order valence-electron chi connectivity index (χ4n) is 1.28. The first-order valence-electron chi connectivity index (χ1n) is 5.49. The molecule has 0 N–H and O–H groups in total. The average Bonchev–Trinajstić information content (AvgIpc) is 2.74. The van der Waals surface area contributed by atoms with Crippen molar-refractivity contribution in [3.63, 3.8) is 0 Å². The predicted molar refractivity (Wildman–Crippen MR) is 67.5 cm³/mol. The maximum Gasteiger partial charge on any atom is 0.276 e. The number of halogens is 1. The zero-order valence-corrected chi connectivity index (χ0v) is 11.9. The minimum Gasteiger partial charge on any atom is -0.447 e. The third kappa shape index (κ3) is 3.72. The lowest BCUT2D eigenvalue weighted by molar-refractivity contribution is 0.383. The topological polar surface area (TPSA) is 50.5 Å². The van der Waals surface area contributed by atoms with Crippen molar-refractivity contribution in [1.29, 1.82) is 0 Å². The fraction of sp³-hybridized carbons (Fsp3) is 0.636. The van der Waals surface area contributed by atoms with E-state index >= 15 is 0 Å². The molecule has 0 aliphatic carbocycles. The Morgan fingerprint density at radius 3 is 2.53 bits per heavy atom. The number of rotatable bonds is 6. The zero-order chi connectivity index (χ0) is 13.1. The van der Waals surface area contributed by atoms with Crippen molar-refractivity contribution in [1.82, 2.24) is 4.31 Å². The maximum atomic E-state index is 12.1. The van der Waals surface area contributed by atoms with Crippen LogP contribution in [0.1, 0.15) is 26.0 Å². The average molecular weight is 280 g/mol. The molecule has 0 amide bonds. The molecule has 4 nitrogen and oxygen atoms in total. The third-order valence-corrected chi connectivity index (χ3v) is 4.45. The second-order valence-electron chi connectivity index (χ2n) is 4.36. The molecule has 1 heterocycles. The van der Waals surface area contributed by atoms with Crippen molar-refractivity contribution in [2.45, 2.75) is 31.2 Å². The van der Waals surface area contributed by atoms with E-state index in [2.05, 4.69) is 13.8 Å². The Morgan fingerprint density at radius 1 is 1.41 bits per heavy atom. The largest absolute Gasteiger partial charge is 0.447 e. The van der Waals surface area contributed by atoms with E-state index in [4.69, 9.17) is 16.0 Å². The molecule has 0 fully saturated rings. The first kappa shape index (κ1) is 14.5. The Balaban J connectivity index is 2.79. The quantitative estimate of drug-likeness (QED) is 0.752. The summed E-state index contributed by atoms with van der Waals surface area (Å²) < 4.78 is 30.6. The van der Waals surface area contributed by atoms with Crippen LogP contribution in [0.3, 0.4) is 0 Å². The molecule has 0 spiro atoms. The van der Waals surface area contributed by atoms with E-state index in [1.165, 1.54) is 10.4 Å². The van der Waals surface area contributed by atoms with E-state index in [1.54, 1.807) is 13.1 Å². The molecule has 0 aliphatic heterocycles. The van der Waals surface area contributed by atoms with Crippen molar-refractivity contribution >= 4 is 21.6 Å². The molecule has 0 aromatic carbocycles. The lowest BCUT2D eigenvalue weighted by Gasteiger charge is -2.16. The van der Waals surface area contributed by atoms with E-state index in [0.717, 1.165) is 6.42 Å². The number of hydrogen-bond donors (Lipinski definition) is 0. The van der Waals surface area contributed by atoms with Crippen LogP contribution in [0.4, 0.5) is 0 Å². The molecule has 0 unspecified atom stereocenters. The number of sulfonamides is 1. The van der Waals surface area contributed by atoms with E-state index in [1.807, 2.05) is 0 Å². The fourth-order valence-corrected chi connectivity index (χ4v) is 2.53. The van der Waals surface area contributed by atoms with Crippen molar-refractivity contribution in [2.24, 2.45) is 5.92 Å². The Bertz CT molecular complexity index is 453. The van der Waals surface area contributed by atoms with Gasteiger partial charge in [-0.3, -0.25) is 0 Å². The van der Waals surface area contributed by atoms with Gasteiger partial charge in [0.05, 0.1) is 5.88 Å². The maximum absolute atomic E-state index is 12.1. The van der Waals surface area contributed by atoms with Gasteiger partial charge in [0, 0.05) is 13.6 Å². The monoisotopic (exact) mass is 279 g/mol. The highest BCUT2D eigenvalue weighted by molar-refractivity contribution is 7.89. The van der Waals surface area contributed by atoms with Gasteiger partial charge in [-0.1, -0.05) is 13.8 Å². The van der Waals surface area contributed by atoms with Crippen molar-refractivity contribution in [3.8, 4) is 0 Å². The molecule has 0 atom stereocenters. The van der Waals surface area contributed by atoms with Gasteiger partial charge in [-0.2, -0.15) is 4.31 Å². The summed E-state index contributed by atoms with van der Waals surface area (Å²) in [5.74, 6) is 1.09. The molecule has 1 rings (SSSR count). The van der Waals surface area contributed by atoms with Crippen molar-refractivity contribution in [2.75, 3.05) is 13.6 Å². The molecular formula is C11H18ClNO3S. The van der Waals surface area contributed by atoms with Crippen LogP contribution in [0.15, 0.2) is 21.6 Å². The highest BCUT2D eigenvalue weighted by atomic mass is 35.5. The smallest absolute Gasteiger partial charge is 0.276 e. The summed E-state index contributed by atoms with van der Waals surface area (Å²) in [7, 11) is -1.96. The van der Waals surface area contributed by atoms with Crippen LogP contribution in [0, 0.1) is 5.92 Å². The molecule has 0 aliphatic rings. The van der Waals surface area contributed by atoms with Gasteiger partial charge in [0.15, 0.2) is 0 Å². The lowest BCUT2D eigenvalue weighted by Crippen LogP contribution is -2.28. The molecule has 0 saturated heterocycles. The molecule has 98 valence electrons. The first-order chi connectivity index (χ1) is 7.87. The second kappa shape index (κ2) is 5.89. The van der Waals surface area contributed by atoms with Crippen LogP contribution in [0.2, 0.25) is 0 Å². The summed E-state index contributed by atoms with van der Waals surface area (Å²) in [5, 5.41) is -0.0422. The van der Waals surface area contributed by atoms with E-state index in [-0.39, 0.29) is 11.0 Å². The van der Waals surface area contributed by atoms with Crippen molar-refractivity contribution in [3.05, 3.63) is 17.9 Å². The predicted octanol–water partition coefficient (Wildman–Crippen LogP) is 2.69. The normalized spacial score (nSPS) is 12.6. The number of alkyl halides is 1. The Labute approximate surface area is 108 Å². The lowest BCUT2D eigenvalue weighted by atomic mass is 10.1. The van der Waals surface area contributed by atoms with Crippen LogP contribution in [0.5, 0.6) is 0 Å². The Kier molecular flexibility index (Phi) is 5.04. The summed E-state index contributed by atoms with van der Waals surface area (Å²) in [5.41, 5.74) is 0. The van der Waals surface area contributed by atoms with Crippen LogP contribution in [0.25, 0.3) is 0 Å². The van der Waals surface area contributed by atoms with Gasteiger partial charge in [-0.15, -0.1) is 11.6 Å². The van der Waals surface area contributed by atoms with Crippen molar-refractivity contribution < 1.29 is 12.8 Å². The van der Waals surface area contributed by atoms with Crippen LogP contribution < -0.4 is 0 Å². The Hall–Kier alpha value is -0.520. The number of hydrogen-bond acceptors (Lipinski definition) is 3. The second-order valence-corrected chi connectivity index (χ2v) is 6.61. The summed E-state index contributed by atoms with van der Waals surface area (Å²) in [6.45, 7) is 4.59. The van der Waals surface area contributed by atoms with Gasteiger partial charge in [0.25, 0.3) is 10.0 Å². The molecular weight excluding hydrogens is 262 g/mol. The van der Waals surface area contributed by atoms with E-state index < -0.39 is 10.0 Å². The van der Waals surface area contributed by atoms with E-state index in [9.17, 15) is 8.42 Å². The van der Waals surface area contributed by atoms with Crippen LogP contribution in [-0.4, -0.2) is 26.3 Å². The third-order valence-electron chi connectivity index (χ3n) is 2.45. The number of nitrogens with zero attached hydrogens (tertiary/aromatic N) is 1. The highest BCUT2D eigenvalue weighted by Crippen LogP contribution is 2.19. The van der Waals surface area contributed by atoms with Gasteiger partial charge in [-0.25, -0.2) is 8.42 Å². The zero-order valence-electron chi connectivity index (χ0n) is 10.3. The minimum atomic E-state index is -3.52. The van der Waals surface area contributed by atoms with Crippen LogP contribution >= 0.6 is 11.6 Å². The summed E-state index contributed by atoms with van der Waals surface area (Å²) >= 11 is 5.57. The Morgan fingerprint density at radius 2 is 2.06 bits per heavy atom. The molecule has 0 radical (unpaired) electrons. The van der Waals surface area contributed by atoms with Gasteiger partial charge in [-0.05, 0) is 24.5 Å². The van der Waals surface area contributed by atoms with Gasteiger partial charge in [0.2, 0.25) is 5.09 Å². The van der Waals surface area contributed by atoms with Gasteiger partial charge >= 0.3 is 0 Å². The SMILES string of the molecule is CC(C)CCN(C)S(=O)(=O)c1ccc(CCl)o1. The molecule has 6 heteroatoms. The molecule has 0 saturated carbocycles. The van der Waals surface area contributed by atoms with Gasteiger partial charge < -0.3 is 4.42 Å².